The van der Waals surface area contributed by atoms with Crippen LogP contribution in [0.4, 0.5) is 0 Å². The van der Waals surface area contributed by atoms with Crippen molar-refractivity contribution in [2.45, 2.75) is 32.2 Å². The summed E-state index contributed by atoms with van der Waals surface area (Å²) in [5, 5.41) is 0. The Bertz CT molecular complexity index is 481. The van der Waals surface area contributed by atoms with Crippen LogP contribution >= 0.6 is 0 Å². The second-order valence-electron chi connectivity index (χ2n) is 4.48. The summed E-state index contributed by atoms with van der Waals surface area (Å²) < 4.78 is 0. The Morgan fingerprint density at radius 3 is 2.56 bits per heavy atom. The fourth-order valence-electron chi connectivity index (χ4n) is 2.24. The summed E-state index contributed by atoms with van der Waals surface area (Å²) in [5.41, 5.74) is 0.851. The largest absolute Gasteiger partial charge is 0.298 e. The number of carbonyl (C=O) groups excluding carboxylic acids is 3. The van der Waals surface area contributed by atoms with Crippen LogP contribution in [-0.2, 0) is 20.8 Å². The minimum atomic E-state index is -0.561. The van der Waals surface area contributed by atoms with Crippen LogP contribution in [0.15, 0.2) is 30.3 Å². The Morgan fingerprint density at radius 1 is 1.28 bits per heavy atom. The number of carbonyl (C=O) groups is 3. The molecule has 0 N–H and O–H groups in total. The standard InChI is InChI=1S/C14H15NO3/c1-10(16)12-7-8-13(17)15(12)14(18)9-11-5-3-2-4-6-11/h2-6,12H,7-9H2,1H3. The van der Waals surface area contributed by atoms with Crippen molar-refractivity contribution in [3.8, 4) is 0 Å². The zero-order valence-electron chi connectivity index (χ0n) is 10.3. The summed E-state index contributed by atoms with van der Waals surface area (Å²) in [7, 11) is 0. The smallest absolute Gasteiger partial charge is 0.234 e. The third-order valence-corrected chi connectivity index (χ3v) is 3.15. The quantitative estimate of drug-likeness (QED) is 0.807. The molecule has 1 saturated heterocycles. The lowest BCUT2D eigenvalue weighted by atomic mass is 10.1. The highest BCUT2D eigenvalue weighted by Crippen LogP contribution is 2.20. The van der Waals surface area contributed by atoms with Crippen LogP contribution in [0.5, 0.6) is 0 Å². The van der Waals surface area contributed by atoms with E-state index in [1.165, 1.54) is 6.92 Å². The molecule has 1 aliphatic heterocycles. The number of hydrogen-bond acceptors (Lipinski definition) is 3. The predicted molar refractivity (Wildman–Crippen MR) is 65.7 cm³/mol. The van der Waals surface area contributed by atoms with Gasteiger partial charge in [-0.15, -0.1) is 0 Å². The molecule has 4 nitrogen and oxygen atoms in total. The number of rotatable bonds is 3. The number of Topliss-reactive ketones (excluding diaryl/α,β-unsaturated/α-hetero) is 1. The summed E-state index contributed by atoms with van der Waals surface area (Å²) in [5.74, 6) is -0.651. The molecule has 4 heteroatoms. The minimum absolute atomic E-state index is 0.123. The molecule has 2 rings (SSSR count). The van der Waals surface area contributed by atoms with E-state index in [2.05, 4.69) is 0 Å². The van der Waals surface area contributed by atoms with Gasteiger partial charge in [-0.1, -0.05) is 30.3 Å². The maximum atomic E-state index is 12.1. The minimum Gasteiger partial charge on any atom is -0.298 e. The molecule has 94 valence electrons. The first-order valence-electron chi connectivity index (χ1n) is 5.99. The second kappa shape index (κ2) is 5.12. The van der Waals surface area contributed by atoms with Crippen LogP contribution in [0.1, 0.15) is 25.3 Å². The van der Waals surface area contributed by atoms with Crippen LogP contribution < -0.4 is 0 Å². The Balaban J connectivity index is 2.12. The van der Waals surface area contributed by atoms with Gasteiger partial charge in [-0.25, -0.2) is 0 Å². The highest BCUT2D eigenvalue weighted by molar-refractivity contribution is 6.03. The summed E-state index contributed by atoms with van der Waals surface area (Å²) in [4.78, 5) is 36.3. The van der Waals surface area contributed by atoms with Crippen molar-refractivity contribution in [2.24, 2.45) is 0 Å². The van der Waals surface area contributed by atoms with Gasteiger partial charge in [-0.2, -0.15) is 0 Å². The van der Waals surface area contributed by atoms with Crippen molar-refractivity contribution in [3.63, 3.8) is 0 Å². The molecule has 1 aromatic carbocycles. The normalized spacial score (nSPS) is 19.1. The zero-order chi connectivity index (χ0) is 13.1. The number of nitrogens with zero attached hydrogens (tertiary/aromatic N) is 1. The first-order chi connectivity index (χ1) is 8.59. The lowest BCUT2D eigenvalue weighted by Gasteiger charge is -2.20. The van der Waals surface area contributed by atoms with E-state index in [0.717, 1.165) is 10.5 Å². The number of likely N-dealkylation sites (tertiary alicyclic amines) is 1. The molecular weight excluding hydrogens is 230 g/mol. The van der Waals surface area contributed by atoms with E-state index in [1.807, 2.05) is 30.3 Å². The summed E-state index contributed by atoms with van der Waals surface area (Å²) in [6, 6.07) is 8.66. The van der Waals surface area contributed by atoms with Crippen molar-refractivity contribution in [3.05, 3.63) is 35.9 Å². The molecule has 0 spiro atoms. The van der Waals surface area contributed by atoms with Gasteiger partial charge >= 0.3 is 0 Å². The van der Waals surface area contributed by atoms with Crippen molar-refractivity contribution in [2.75, 3.05) is 0 Å². The van der Waals surface area contributed by atoms with Gasteiger partial charge in [0.25, 0.3) is 0 Å². The Hall–Kier alpha value is -1.97. The van der Waals surface area contributed by atoms with Crippen LogP contribution in [0.3, 0.4) is 0 Å². The van der Waals surface area contributed by atoms with E-state index in [1.54, 1.807) is 0 Å². The highest BCUT2D eigenvalue weighted by atomic mass is 16.2. The third-order valence-electron chi connectivity index (χ3n) is 3.15. The highest BCUT2D eigenvalue weighted by Gasteiger charge is 2.37. The van der Waals surface area contributed by atoms with Gasteiger partial charge in [0, 0.05) is 6.42 Å². The van der Waals surface area contributed by atoms with E-state index in [-0.39, 0.29) is 30.4 Å². The number of ketones is 1. The molecule has 1 heterocycles. The van der Waals surface area contributed by atoms with E-state index in [4.69, 9.17) is 0 Å². The van der Waals surface area contributed by atoms with Crippen molar-refractivity contribution in [1.29, 1.82) is 0 Å². The molecule has 1 aromatic rings. The summed E-state index contributed by atoms with van der Waals surface area (Å²) >= 11 is 0. The maximum absolute atomic E-state index is 12.1. The average Bonchev–Trinajstić information content (AvgIpc) is 2.72. The van der Waals surface area contributed by atoms with Crippen molar-refractivity contribution < 1.29 is 14.4 Å². The molecule has 1 fully saturated rings. The average molecular weight is 245 g/mol. The Kier molecular flexibility index (Phi) is 3.55. The topological polar surface area (TPSA) is 54.5 Å². The maximum Gasteiger partial charge on any atom is 0.234 e. The van der Waals surface area contributed by atoms with Gasteiger partial charge < -0.3 is 0 Å². The summed E-state index contributed by atoms with van der Waals surface area (Å²) in [6.07, 6.45) is 0.899. The lowest BCUT2D eigenvalue weighted by Crippen LogP contribution is -2.42. The zero-order valence-corrected chi connectivity index (χ0v) is 10.3. The number of hydrogen-bond donors (Lipinski definition) is 0. The molecule has 2 amide bonds. The van der Waals surface area contributed by atoms with Gasteiger partial charge in [0.2, 0.25) is 11.8 Å². The first-order valence-corrected chi connectivity index (χ1v) is 5.99. The van der Waals surface area contributed by atoms with Gasteiger partial charge in [0.1, 0.15) is 0 Å². The van der Waals surface area contributed by atoms with E-state index in [9.17, 15) is 14.4 Å². The van der Waals surface area contributed by atoms with E-state index < -0.39 is 6.04 Å². The number of imide groups is 1. The molecule has 1 aliphatic rings. The van der Waals surface area contributed by atoms with Crippen molar-refractivity contribution >= 4 is 17.6 Å². The van der Waals surface area contributed by atoms with Crippen LogP contribution in [0.25, 0.3) is 0 Å². The second-order valence-corrected chi connectivity index (χ2v) is 4.48. The summed E-state index contributed by atoms with van der Waals surface area (Å²) in [6.45, 7) is 1.42. The number of amides is 2. The monoisotopic (exact) mass is 245 g/mol. The molecule has 0 radical (unpaired) electrons. The molecule has 0 bridgehead atoms. The van der Waals surface area contributed by atoms with Gasteiger partial charge in [-0.05, 0) is 18.9 Å². The molecular formula is C14H15NO3. The van der Waals surface area contributed by atoms with E-state index >= 15 is 0 Å². The first kappa shape index (κ1) is 12.5. The van der Waals surface area contributed by atoms with E-state index in [0.29, 0.717) is 6.42 Å². The molecule has 0 aromatic heterocycles. The van der Waals surface area contributed by atoms with Crippen LogP contribution in [0.2, 0.25) is 0 Å². The predicted octanol–water partition coefficient (Wildman–Crippen LogP) is 1.34. The molecule has 0 saturated carbocycles. The van der Waals surface area contributed by atoms with Gasteiger partial charge in [0.15, 0.2) is 5.78 Å². The lowest BCUT2D eigenvalue weighted by molar-refractivity contribution is -0.146. The molecule has 1 atom stereocenters. The number of benzene rings is 1. The fraction of sp³-hybridized carbons (Fsp3) is 0.357. The van der Waals surface area contributed by atoms with Crippen molar-refractivity contribution in [1.82, 2.24) is 4.90 Å². The fourth-order valence-corrected chi connectivity index (χ4v) is 2.24. The van der Waals surface area contributed by atoms with Gasteiger partial charge in [0.05, 0.1) is 12.5 Å². The molecule has 18 heavy (non-hydrogen) atoms. The van der Waals surface area contributed by atoms with Gasteiger partial charge in [-0.3, -0.25) is 19.3 Å². The Morgan fingerprint density at radius 2 is 1.94 bits per heavy atom. The third kappa shape index (κ3) is 2.47. The Labute approximate surface area is 106 Å². The SMILES string of the molecule is CC(=O)C1CCC(=O)N1C(=O)Cc1ccccc1. The van der Waals surface area contributed by atoms with Crippen LogP contribution in [-0.4, -0.2) is 28.5 Å². The molecule has 0 aliphatic carbocycles. The molecule has 1 unspecified atom stereocenters. The van der Waals surface area contributed by atoms with Crippen LogP contribution in [0, 0.1) is 0 Å².